The summed E-state index contributed by atoms with van der Waals surface area (Å²) in [5, 5.41) is 3.03. The van der Waals surface area contributed by atoms with Crippen molar-refractivity contribution in [3.63, 3.8) is 0 Å². The number of likely N-dealkylation sites (N-methyl/N-ethyl adjacent to an activating group) is 1. The third kappa shape index (κ3) is 5.37. The first-order valence-corrected chi connectivity index (χ1v) is 8.77. The fourth-order valence-corrected chi connectivity index (χ4v) is 2.86. The van der Waals surface area contributed by atoms with Crippen LogP contribution in [0.1, 0.15) is 47.0 Å². The first kappa shape index (κ1) is 18.0. The molecule has 23 heavy (non-hydrogen) atoms. The largest absolute Gasteiger partial charge is 0.444 e. The number of nitrogens with zero attached hydrogens (tertiary/aromatic N) is 2. The first-order valence-electron chi connectivity index (χ1n) is 8.77. The number of amides is 2. The van der Waals surface area contributed by atoms with Crippen molar-refractivity contribution < 1.29 is 14.3 Å². The van der Waals surface area contributed by atoms with Gasteiger partial charge in [0.25, 0.3) is 0 Å². The van der Waals surface area contributed by atoms with Gasteiger partial charge >= 0.3 is 6.09 Å². The van der Waals surface area contributed by atoms with Gasteiger partial charge in [0.1, 0.15) is 5.60 Å². The molecule has 1 N–H and O–H groups in total. The van der Waals surface area contributed by atoms with Crippen molar-refractivity contribution in [1.29, 1.82) is 0 Å². The number of carbonyl (C=O) groups is 2. The number of ether oxygens (including phenoxy) is 1. The van der Waals surface area contributed by atoms with Crippen LogP contribution in [-0.4, -0.2) is 66.2 Å². The lowest BCUT2D eigenvalue weighted by atomic mass is 9.85. The second-order valence-corrected chi connectivity index (χ2v) is 7.70. The van der Waals surface area contributed by atoms with Crippen molar-refractivity contribution in [1.82, 2.24) is 15.1 Å². The van der Waals surface area contributed by atoms with E-state index < -0.39 is 5.60 Å². The van der Waals surface area contributed by atoms with Crippen LogP contribution in [0.5, 0.6) is 0 Å². The van der Waals surface area contributed by atoms with E-state index >= 15 is 0 Å². The van der Waals surface area contributed by atoms with Crippen molar-refractivity contribution >= 4 is 12.0 Å². The zero-order valence-corrected chi connectivity index (χ0v) is 14.9. The average Bonchev–Trinajstić information content (AvgIpc) is 2.31. The molecule has 6 nitrogen and oxygen atoms in total. The lowest BCUT2D eigenvalue weighted by molar-refractivity contribution is -0.124. The maximum Gasteiger partial charge on any atom is 0.410 e. The van der Waals surface area contributed by atoms with E-state index in [4.69, 9.17) is 4.74 Å². The van der Waals surface area contributed by atoms with E-state index in [1.807, 2.05) is 20.8 Å². The number of likely N-dealkylation sites (tertiary alicyclic amines) is 1. The fourth-order valence-electron chi connectivity index (χ4n) is 2.86. The van der Waals surface area contributed by atoms with Gasteiger partial charge in [0.2, 0.25) is 5.91 Å². The molecule has 1 heterocycles. The van der Waals surface area contributed by atoms with Crippen molar-refractivity contribution in [2.45, 2.75) is 58.6 Å². The topological polar surface area (TPSA) is 61.9 Å². The summed E-state index contributed by atoms with van der Waals surface area (Å²) in [6, 6.07) is 0.252. The summed E-state index contributed by atoms with van der Waals surface area (Å²) in [4.78, 5) is 27.8. The van der Waals surface area contributed by atoms with Crippen LogP contribution in [0.25, 0.3) is 0 Å². The summed E-state index contributed by atoms with van der Waals surface area (Å²) in [5.74, 6) is 0.773. The number of hydrogen-bond acceptors (Lipinski definition) is 4. The molecular formula is C17H31N3O3. The predicted molar refractivity (Wildman–Crippen MR) is 89.2 cm³/mol. The summed E-state index contributed by atoms with van der Waals surface area (Å²) in [5.41, 5.74) is -0.464. The third-order valence-electron chi connectivity index (χ3n) is 4.60. The second-order valence-electron chi connectivity index (χ2n) is 7.70. The van der Waals surface area contributed by atoms with E-state index in [2.05, 4.69) is 17.1 Å². The van der Waals surface area contributed by atoms with Gasteiger partial charge in [-0.3, -0.25) is 9.69 Å². The van der Waals surface area contributed by atoms with Gasteiger partial charge in [-0.15, -0.1) is 0 Å². The molecule has 0 spiro atoms. The molecule has 2 fully saturated rings. The Morgan fingerprint density at radius 1 is 1.26 bits per heavy atom. The van der Waals surface area contributed by atoms with Crippen LogP contribution in [0.4, 0.5) is 4.79 Å². The molecule has 0 aromatic rings. The Morgan fingerprint density at radius 2 is 1.91 bits per heavy atom. The standard InChI is InChI=1S/C17H31N3O3/c1-5-19(12-15(21)18-9-13-7-6-8-13)14-10-20(11-14)16(22)23-17(2,3)4/h13-14H,5-12H2,1-4H3,(H,18,21). The lowest BCUT2D eigenvalue weighted by Gasteiger charge is -2.44. The maximum absolute atomic E-state index is 12.0. The fraction of sp³-hybridized carbons (Fsp3) is 0.882. The molecule has 0 radical (unpaired) electrons. The van der Waals surface area contributed by atoms with E-state index in [9.17, 15) is 9.59 Å². The van der Waals surface area contributed by atoms with Crippen LogP contribution in [0.15, 0.2) is 0 Å². The number of hydrogen-bond donors (Lipinski definition) is 1. The molecule has 2 rings (SSSR count). The van der Waals surface area contributed by atoms with E-state index in [0.29, 0.717) is 25.6 Å². The minimum Gasteiger partial charge on any atom is -0.444 e. The molecule has 0 aromatic heterocycles. The highest BCUT2D eigenvalue weighted by Crippen LogP contribution is 2.25. The Bertz CT molecular complexity index is 423. The lowest BCUT2D eigenvalue weighted by Crippen LogP contribution is -2.62. The molecule has 132 valence electrons. The van der Waals surface area contributed by atoms with Gasteiger partial charge in [-0.2, -0.15) is 0 Å². The monoisotopic (exact) mass is 325 g/mol. The Morgan fingerprint density at radius 3 is 2.39 bits per heavy atom. The highest BCUT2D eigenvalue weighted by molar-refractivity contribution is 5.78. The van der Waals surface area contributed by atoms with E-state index in [0.717, 1.165) is 13.1 Å². The number of carbonyl (C=O) groups excluding carboxylic acids is 2. The SMILES string of the molecule is CCN(CC(=O)NCC1CCC1)C1CN(C(=O)OC(C)(C)C)C1. The Hall–Kier alpha value is -1.30. The van der Waals surface area contributed by atoms with Gasteiger partial charge < -0.3 is 15.0 Å². The molecule has 1 saturated carbocycles. The highest BCUT2D eigenvalue weighted by atomic mass is 16.6. The van der Waals surface area contributed by atoms with Gasteiger partial charge in [-0.05, 0) is 46.1 Å². The van der Waals surface area contributed by atoms with Gasteiger partial charge in [-0.1, -0.05) is 13.3 Å². The average molecular weight is 325 g/mol. The summed E-state index contributed by atoms with van der Waals surface area (Å²) < 4.78 is 5.36. The smallest absolute Gasteiger partial charge is 0.410 e. The number of nitrogens with one attached hydrogen (secondary N) is 1. The Labute approximate surface area is 139 Å². The Balaban J connectivity index is 1.68. The summed E-state index contributed by atoms with van der Waals surface area (Å²) in [6.07, 6.45) is 3.51. The van der Waals surface area contributed by atoms with Crippen LogP contribution in [0.3, 0.4) is 0 Å². The zero-order chi connectivity index (χ0) is 17.0. The van der Waals surface area contributed by atoms with Crippen LogP contribution >= 0.6 is 0 Å². The van der Waals surface area contributed by atoms with Crippen LogP contribution in [0.2, 0.25) is 0 Å². The molecule has 1 aliphatic carbocycles. The molecule has 1 saturated heterocycles. The molecule has 1 aliphatic heterocycles. The van der Waals surface area contributed by atoms with E-state index in [1.54, 1.807) is 4.90 Å². The van der Waals surface area contributed by atoms with Gasteiger partial charge in [-0.25, -0.2) is 4.79 Å². The van der Waals surface area contributed by atoms with Crippen molar-refractivity contribution in [2.75, 3.05) is 32.7 Å². The quantitative estimate of drug-likeness (QED) is 0.809. The Kier molecular flexibility index (Phi) is 5.89. The molecule has 2 amide bonds. The molecule has 0 bridgehead atoms. The second kappa shape index (κ2) is 7.51. The van der Waals surface area contributed by atoms with Crippen molar-refractivity contribution in [3.8, 4) is 0 Å². The minimum atomic E-state index is -0.464. The molecule has 6 heteroatoms. The van der Waals surface area contributed by atoms with E-state index in [-0.39, 0.29) is 18.0 Å². The van der Waals surface area contributed by atoms with Crippen molar-refractivity contribution in [2.24, 2.45) is 5.92 Å². The van der Waals surface area contributed by atoms with Gasteiger partial charge in [0.15, 0.2) is 0 Å². The summed E-state index contributed by atoms with van der Waals surface area (Å²) >= 11 is 0. The zero-order valence-electron chi connectivity index (χ0n) is 14.9. The highest BCUT2D eigenvalue weighted by Gasteiger charge is 2.37. The minimum absolute atomic E-state index is 0.0921. The third-order valence-corrected chi connectivity index (χ3v) is 4.60. The first-order chi connectivity index (χ1) is 10.8. The molecule has 0 atom stereocenters. The van der Waals surface area contributed by atoms with Crippen LogP contribution < -0.4 is 5.32 Å². The summed E-state index contributed by atoms with van der Waals surface area (Å²) in [6.45, 7) is 11.0. The molecule has 0 unspecified atom stereocenters. The van der Waals surface area contributed by atoms with Crippen LogP contribution in [0, 0.1) is 5.92 Å². The van der Waals surface area contributed by atoms with Crippen molar-refractivity contribution in [3.05, 3.63) is 0 Å². The molecular weight excluding hydrogens is 294 g/mol. The van der Waals surface area contributed by atoms with Gasteiger partial charge in [0.05, 0.1) is 6.54 Å². The van der Waals surface area contributed by atoms with Crippen LogP contribution in [-0.2, 0) is 9.53 Å². The predicted octanol–water partition coefficient (Wildman–Crippen LogP) is 1.84. The molecule has 2 aliphatic rings. The van der Waals surface area contributed by atoms with E-state index in [1.165, 1.54) is 19.3 Å². The van der Waals surface area contributed by atoms with Gasteiger partial charge in [0, 0.05) is 25.7 Å². The molecule has 0 aromatic carbocycles. The maximum atomic E-state index is 12.0. The summed E-state index contributed by atoms with van der Waals surface area (Å²) in [7, 11) is 0. The number of rotatable bonds is 6. The normalized spacial score (nSPS) is 19.3.